The largest absolute Gasteiger partial charge is 0.393 e. The molecule has 0 aromatic carbocycles. The molecule has 0 radical (unpaired) electrons. The van der Waals surface area contributed by atoms with Gasteiger partial charge in [-0.15, -0.1) is 0 Å². The second-order valence-corrected chi connectivity index (χ2v) is 9.30. The van der Waals surface area contributed by atoms with E-state index in [1.807, 2.05) is 6.92 Å². The first-order valence-electron chi connectivity index (χ1n) is 11.7. The second kappa shape index (κ2) is 11.4. The fraction of sp³-hybridized carbons (Fsp3) is 1.00. The molecular weight excluding hydrogens is 374 g/mol. The number of ether oxygens (including phenoxy) is 2. The summed E-state index contributed by atoms with van der Waals surface area (Å²) in [6.45, 7) is 3.02. The first kappa shape index (κ1) is 23.4. The van der Waals surface area contributed by atoms with E-state index in [1.165, 1.54) is 0 Å². The maximum atomic E-state index is 10.5. The number of hydrogen-bond acceptors (Lipinski definition) is 7. The third-order valence-corrected chi connectivity index (χ3v) is 7.15. The topological polar surface area (TPSA) is 111 Å². The fourth-order valence-corrected chi connectivity index (χ4v) is 5.60. The number of aliphatic hydroxyl groups excluding tert-OH is 4. The molecule has 3 fully saturated rings. The summed E-state index contributed by atoms with van der Waals surface area (Å²) >= 11 is 0. The molecule has 0 amide bonds. The third-order valence-electron chi connectivity index (χ3n) is 7.15. The van der Waals surface area contributed by atoms with Crippen LogP contribution in [0.25, 0.3) is 0 Å². The van der Waals surface area contributed by atoms with Crippen molar-refractivity contribution in [1.82, 2.24) is 5.32 Å². The van der Waals surface area contributed by atoms with E-state index in [2.05, 4.69) is 5.32 Å². The Labute approximate surface area is 174 Å². The van der Waals surface area contributed by atoms with Crippen LogP contribution in [-0.4, -0.2) is 70.5 Å². The molecule has 170 valence electrons. The summed E-state index contributed by atoms with van der Waals surface area (Å²) in [5.41, 5.74) is 0. The van der Waals surface area contributed by atoms with Crippen LogP contribution in [0, 0.1) is 17.8 Å². The van der Waals surface area contributed by atoms with Gasteiger partial charge in [-0.25, -0.2) is 0 Å². The average Bonchev–Trinajstić information content (AvgIpc) is 2.87. The van der Waals surface area contributed by atoms with Crippen LogP contribution in [0.1, 0.15) is 71.1 Å². The highest BCUT2D eigenvalue weighted by molar-refractivity contribution is 4.94. The minimum atomic E-state index is -0.493. The molecule has 9 atom stereocenters. The van der Waals surface area contributed by atoms with Gasteiger partial charge in [0, 0.05) is 5.92 Å². The quantitative estimate of drug-likeness (QED) is 0.363. The lowest BCUT2D eigenvalue weighted by Crippen LogP contribution is -2.51. The van der Waals surface area contributed by atoms with E-state index in [0.717, 1.165) is 51.5 Å². The molecule has 3 aliphatic rings. The zero-order valence-corrected chi connectivity index (χ0v) is 17.8. The SMILES string of the molecule is CCN[C@@H](O)CCC[C@@H](O)CC[C@@H]1C2CCC(O)CO[C@@H]2O[C@@H]2C[C@H](O)CC[C@H]12. The molecule has 1 aliphatic carbocycles. The zero-order chi connectivity index (χ0) is 20.8. The van der Waals surface area contributed by atoms with Crippen LogP contribution >= 0.6 is 0 Å². The Balaban J connectivity index is 1.55. The van der Waals surface area contributed by atoms with E-state index < -0.39 is 12.3 Å². The molecule has 3 rings (SSSR count). The van der Waals surface area contributed by atoms with Gasteiger partial charge in [-0.05, 0) is 82.6 Å². The Morgan fingerprint density at radius 2 is 1.72 bits per heavy atom. The van der Waals surface area contributed by atoms with Gasteiger partial charge in [-0.2, -0.15) is 0 Å². The van der Waals surface area contributed by atoms with Crippen molar-refractivity contribution in [1.29, 1.82) is 0 Å². The van der Waals surface area contributed by atoms with Gasteiger partial charge in [-0.3, -0.25) is 5.32 Å². The standard InChI is InChI=1S/C22H41NO6/c1-2-23-21(27)5-3-4-14(24)6-9-17-18-10-7-15(25)12-20(18)29-22-19(17)11-8-16(26)13-28-22/h14-27H,2-13H2,1H3/t14-,15-,16?,17+,18-,19?,20-,21+,22-/m1/s1. The Kier molecular flexibility index (Phi) is 9.17. The summed E-state index contributed by atoms with van der Waals surface area (Å²) in [5.74, 6) is 1.02. The summed E-state index contributed by atoms with van der Waals surface area (Å²) < 4.78 is 12.2. The molecular formula is C22H41NO6. The maximum Gasteiger partial charge on any atom is 0.161 e. The molecule has 0 spiro atoms. The molecule has 7 nitrogen and oxygen atoms in total. The summed E-state index contributed by atoms with van der Waals surface area (Å²) in [7, 11) is 0. The number of aliphatic hydroxyl groups is 4. The fourth-order valence-electron chi connectivity index (χ4n) is 5.60. The van der Waals surface area contributed by atoms with Gasteiger partial charge in [0.15, 0.2) is 6.29 Å². The first-order chi connectivity index (χ1) is 14.0. The Bertz CT molecular complexity index is 480. The van der Waals surface area contributed by atoms with E-state index in [4.69, 9.17) is 9.47 Å². The van der Waals surface area contributed by atoms with Gasteiger partial charge in [0.2, 0.25) is 0 Å². The lowest BCUT2D eigenvalue weighted by atomic mass is 9.66. The van der Waals surface area contributed by atoms with Crippen LogP contribution < -0.4 is 5.32 Å². The lowest BCUT2D eigenvalue weighted by Gasteiger charge is -2.49. The smallest absolute Gasteiger partial charge is 0.161 e. The predicted molar refractivity (Wildman–Crippen MR) is 109 cm³/mol. The van der Waals surface area contributed by atoms with Crippen molar-refractivity contribution in [2.24, 2.45) is 17.8 Å². The molecule has 1 saturated carbocycles. The van der Waals surface area contributed by atoms with Crippen LogP contribution in [0.4, 0.5) is 0 Å². The molecule has 2 saturated heterocycles. The molecule has 2 heterocycles. The van der Waals surface area contributed by atoms with E-state index in [0.29, 0.717) is 37.7 Å². The summed E-state index contributed by atoms with van der Waals surface area (Å²) in [4.78, 5) is 0. The molecule has 5 N–H and O–H groups in total. The van der Waals surface area contributed by atoms with Crippen molar-refractivity contribution in [3.8, 4) is 0 Å². The van der Waals surface area contributed by atoms with Crippen molar-refractivity contribution in [3.05, 3.63) is 0 Å². The number of fused-ring (bicyclic) bond motifs is 2. The maximum absolute atomic E-state index is 10.5. The minimum Gasteiger partial charge on any atom is -0.393 e. The van der Waals surface area contributed by atoms with Crippen molar-refractivity contribution < 1.29 is 29.9 Å². The lowest BCUT2D eigenvalue weighted by molar-refractivity contribution is -0.267. The number of rotatable bonds is 9. The van der Waals surface area contributed by atoms with Gasteiger partial charge >= 0.3 is 0 Å². The Morgan fingerprint density at radius 3 is 2.52 bits per heavy atom. The summed E-state index contributed by atoms with van der Waals surface area (Å²) in [6.07, 6.45) is 5.92. The highest BCUT2D eigenvalue weighted by Gasteiger charge is 2.48. The van der Waals surface area contributed by atoms with Crippen molar-refractivity contribution in [2.75, 3.05) is 13.2 Å². The third kappa shape index (κ3) is 6.60. The minimum absolute atomic E-state index is 0.00708. The molecule has 0 aromatic heterocycles. The van der Waals surface area contributed by atoms with Crippen LogP contribution in [0.5, 0.6) is 0 Å². The van der Waals surface area contributed by atoms with E-state index in [-0.39, 0.29) is 30.5 Å². The summed E-state index contributed by atoms with van der Waals surface area (Å²) in [5, 5.41) is 43.4. The van der Waals surface area contributed by atoms with Crippen LogP contribution in [0.2, 0.25) is 0 Å². The normalized spacial score (nSPS) is 39.8. The average molecular weight is 416 g/mol. The van der Waals surface area contributed by atoms with Crippen LogP contribution in [-0.2, 0) is 9.47 Å². The van der Waals surface area contributed by atoms with Crippen molar-refractivity contribution in [3.63, 3.8) is 0 Å². The van der Waals surface area contributed by atoms with Gasteiger partial charge in [-0.1, -0.05) is 6.92 Å². The zero-order valence-electron chi connectivity index (χ0n) is 17.8. The Hall–Kier alpha value is -0.280. The number of nitrogens with one attached hydrogen (secondary N) is 1. The first-order valence-corrected chi connectivity index (χ1v) is 11.7. The van der Waals surface area contributed by atoms with Crippen molar-refractivity contribution in [2.45, 2.75) is 108 Å². The van der Waals surface area contributed by atoms with Gasteiger partial charge < -0.3 is 29.9 Å². The molecule has 0 bridgehead atoms. The van der Waals surface area contributed by atoms with Crippen LogP contribution in [0.15, 0.2) is 0 Å². The van der Waals surface area contributed by atoms with Gasteiger partial charge in [0.25, 0.3) is 0 Å². The number of hydrogen-bond donors (Lipinski definition) is 5. The predicted octanol–water partition coefficient (Wildman–Crippen LogP) is 1.52. The van der Waals surface area contributed by atoms with Crippen LogP contribution in [0.3, 0.4) is 0 Å². The highest BCUT2D eigenvalue weighted by Crippen LogP contribution is 2.47. The van der Waals surface area contributed by atoms with Gasteiger partial charge in [0.1, 0.15) is 6.23 Å². The van der Waals surface area contributed by atoms with E-state index >= 15 is 0 Å². The molecule has 2 aliphatic heterocycles. The molecule has 2 unspecified atom stereocenters. The molecule has 0 aromatic rings. The van der Waals surface area contributed by atoms with E-state index in [9.17, 15) is 20.4 Å². The molecule has 29 heavy (non-hydrogen) atoms. The molecule has 7 heteroatoms. The highest BCUT2D eigenvalue weighted by atomic mass is 16.7. The Morgan fingerprint density at radius 1 is 0.966 bits per heavy atom. The van der Waals surface area contributed by atoms with E-state index in [1.54, 1.807) is 0 Å². The summed E-state index contributed by atoms with van der Waals surface area (Å²) in [6, 6.07) is 0. The van der Waals surface area contributed by atoms with Gasteiger partial charge in [0.05, 0.1) is 31.0 Å². The van der Waals surface area contributed by atoms with Crippen molar-refractivity contribution >= 4 is 0 Å². The monoisotopic (exact) mass is 415 g/mol. The second-order valence-electron chi connectivity index (χ2n) is 9.30.